The molecule has 0 aromatic heterocycles. The molecule has 4 heteroatoms. The normalized spacial score (nSPS) is 10.4. The zero-order valence-corrected chi connectivity index (χ0v) is 7.10. The Balaban J connectivity index is 2.69. The fraction of sp³-hybridized carbons (Fsp3) is 1.00. The highest BCUT2D eigenvalue weighted by Crippen LogP contribution is 1.70. The average molecular weight is 162 g/mol. The maximum atomic E-state index is 8.39. The highest BCUT2D eigenvalue weighted by molar-refractivity contribution is 4.43. The van der Waals surface area contributed by atoms with Crippen LogP contribution in [0.25, 0.3) is 0 Å². The fourth-order valence-corrected chi connectivity index (χ4v) is 0.625. The Bertz CT molecular complexity index is 63.5. The van der Waals surface area contributed by atoms with Gasteiger partial charge in [-0.05, 0) is 7.05 Å². The van der Waals surface area contributed by atoms with Gasteiger partial charge in [0, 0.05) is 19.6 Å². The molecule has 0 aromatic carbocycles. The van der Waals surface area contributed by atoms with Crippen molar-refractivity contribution in [3.63, 3.8) is 0 Å². The summed E-state index contributed by atoms with van der Waals surface area (Å²) in [5.41, 5.74) is 0. The Morgan fingerprint density at radius 2 is 1.91 bits per heavy atom. The Hall–Kier alpha value is -0.160. The van der Waals surface area contributed by atoms with Gasteiger partial charge in [0.15, 0.2) is 0 Å². The van der Waals surface area contributed by atoms with Crippen LogP contribution < -0.4 is 10.6 Å². The van der Waals surface area contributed by atoms with E-state index >= 15 is 0 Å². The largest absolute Gasteiger partial charge is 0.395 e. The van der Waals surface area contributed by atoms with Crippen LogP contribution in [0.2, 0.25) is 0 Å². The van der Waals surface area contributed by atoms with Crippen LogP contribution >= 0.6 is 0 Å². The number of rotatable bonds is 8. The van der Waals surface area contributed by atoms with Gasteiger partial charge in [0.05, 0.1) is 19.8 Å². The molecule has 0 aliphatic carbocycles. The lowest BCUT2D eigenvalue weighted by Gasteiger charge is -2.03. The summed E-state index contributed by atoms with van der Waals surface area (Å²) in [6.45, 7) is 4.00. The molecule has 0 bridgehead atoms. The van der Waals surface area contributed by atoms with E-state index < -0.39 is 0 Å². The molecule has 0 aliphatic heterocycles. The summed E-state index contributed by atoms with van der Waals surface area (Å²) < 4.78 is 5.21. The monoisotopic (exact) mass is 162 g/mol. The van der Waals surface area contributed by atoms with Crippen molar-refractivity contribution in [1.29, 1.82) is 0 Å². The molecule has 4 nitrogen and oxygen atoms in total. The number of aliphatic hydroxyl groups is 1. The summed E-state index contributed by atoms with van der Waals surface area (Å²) in [4.78, 5) is 0. The molecule has 68 valence electrons. The highest BCUT2D eigenvalue weighted by atomic mass is 16.5. The number of ether oxygens (including phenoxy) is 1. The van der Waals surface area contributed by atoms with Gasteiger partial charge in [0.2, 0.25) is 0 Å². The van der Waals surface area contributed by atoms with Crippen LogP contribution in [0.15, 0.2) is 0 Å². The summed E-state index contributed by atoms with van der Waals surface area (Å²) in [7, 11) is 1.90. The summed E-state index contributed by atoms with van der Waals surface area (Å²) in [6, 6.07) is 0. The Labute approximate surface area is 67.9 Å². The van der Waals surface area contributed by atoms with Gasteiger partial charge in [-0.15, -0.1) is 0 Å². The first kappa shape index (κ1) is 10.8. The Morgan fingerprint density at radius 1 is 1.18 bits per heavy atom. The van der Waals surface area contributed by atoms with E-state index in [4.69, 9.17) is 9.84 Å². The highest BCUT2D eigenvalue weighted by Gasteiger charge is 1.86. The van der Waals surface area contributed by atoms with Crippen molar-refractivity contribution in [2.75, 3.05) is 46.5 Å². The smallest absolute Gasteiger partial charge is 0.0591 e. The average Bonchev–Trinajstić information content (AvgIpc) is 2.03. The molecule has 0 atom stereocenters. The molecule has 3 N–H and O–H groups in total. The summed E-state index contributed by atoms with van der Waals surface area (Å²) in [6.07, 6.45) is 0. The number of nitrogens with one attached hydrogen (secondary N) is 2. The molecular formula is C7H18N2O2. The van der Waals surface area contributed by atoms with Gasteiger partial charge in [-0.1, -0.05) is 0 Å². The fourth-order valence-electron chi connectivity index (χ4n) is 0.625. The van der Waals surface area contributed by atoms with Crippen molar-refractivity contribution < 1.29 is 9.84 Å². The van der Waals surface area contributed by atoms with Crippen LogP contribution in [0.4, 0.5) is 0 Å². The lowest BCUT2D eigenvalue weighted by molar-refractivity contribution is 0.137. The van der Waals surface area contributed by atoms with Crippen molar-refractivity contribution in [2.45, 2.75) is 0 Å². The third-order valence-electron chi connectivity index (χ3n) is 1.21. The van der Waals surface area contributed by atoms with E-state index in [2.05, 4.69) is 10.6 Å². The molecule has 0 heterocycles. The minimum atomic E-state index is 0.191. The van der Waals surface area contributed by atoms with E-state index in [-0.39, 0.29) is 6.61 Å². The van der Waals surface area contributed by atoms with Gasteiger partial charge >= 0.3 is 0 Å². The molecular weight excluding hydrogens is 144 g/mol. The molecule has 0 fully saturated rings. The number of aliphatic hydroxyl groups excluding tert-OH is 1. The second-order valence-corrected chi connectivity index (χ2v) is 2.19. The van der Waals surface area contributed by atoms with Gasteiger partial charge in [-0.2, -0.15) is 0 Å². The van der Waals surface area contributed by atoms with Crippen molar-refractivity contribution in [3.05, 3.63) is 0 Å². The van der Waals surface area contributed by atoms with Crippen LogP contribution in [-0.2, 0) is 4.74 Å². The van der Waals surface area contributed by atoms with E-state index in [1.807, 2.05) is 7.05 Å². The van der Waals surface area contributed by atoms with E-state index in [0.29, 0.717) is 13.2 Å². The van der Waals surface area contributed by atoms with Crippen molar-refractivity contribution in [3.8, 4) is 0 Å². The number of hydrogen-bond donors (Lipinski definition) is 3. The molecule has 11 heavy (non-hydrogen) atoms. The Morgan fingerprint density at radius 3 is 2.55 bits per heavy atom. The molecule has 0 amide bonds. The van der Waals surface area contributed by atoms with E-state index in [1.54, 1.807) is 0 Å². The van der Waals surface area contributed by atoms with Crippen LogP contribution in [0.5, 0.6) is 0 Å². The van der Waals surface area contributed by atoms with E-state index in [9.17, 15) is 0 Å². The lowest BCUT2D eigenvalue weighted by Crippen LogP contribution is -2.24. The molecule has 0 saturated carbocycles. The molecule has 0 aromatic rings. The number of likely N-dealkylation sites (N-methyl/N-ethyl adjacent to an activating group) is 1. The second-order valence-electron chi connectivity index (χ2n) is 2.19. The molecule has 0 aliphatic rings. The summed E-state index contributed by atoms with van der Waals surface area (Å²) in [5, 5.41) is 14.4. The van der Waals surface area contributed by atoms with Crippen molar-refractivity contribution in [2.24, 2.45) is 0 Å². The second kappa shape index (κ2) is 9.84. The first-order chi connectivity index (χ1) is 5.41. The molecule has 0 radical (unpaired) electrons. The van der Waals surface area contributed by atoms with Gasteiger partial charge in [-0.3, -0.25) is 0 Å². The SMILES string of the molecule is CNCCOCCNCCO. The predicted molar refractivity (Wildman–Crippen MR) is 44.7 cm³/mol. The van der Waals surface area contributed by atoms with Gasteiger partial charge in [0.1, 0.15) is 0 Å². The molecule has 0 spiro atoms. The zero-order valence-electron chi connectivity index (χ0n) is 7.10. The molecule has 0 rings (SSSR count). The predicted octanol–water partition coefficient (Wildman–Crippen LogP) is -1.20. The van der Waals surface area contributed by atoms with Crippen LogP contribution in [0.1, 0.15) is 0 Å². The van der Waals surface area contributed by atoms with Crippen LogP contribution in [0, 0.1) is 0 Å². The van der Waals surface area contributed by atoms with Gasteiger partial charge < -0.3 is 20.5 Å². The van der Waals surface area contributed by atoms with Gasteiger partial charge in [0.25, 0.3) is 0 Å². The third kappa shape index (κ3) is 9.84. The minimum absolute atomic E-state index is 0.191. The quantitative estimate of drug-likeness (QED) is 0.393. The van der Waals surface area contributed by atoms with E-state index in [1.165, 1.54) is 0 Å². The first-order valence-corrected chi connectivity index (χ1v) is 3.95. The zero-order chi connectivity index (χ0) is 8.36. The maximum Gasteiger partial charge on any atom is 0.0591 e. The Kier molecular flexibility index (Phi) is 9.70. The van der Waals surface area contributed by atoms with Crippen molar-refractivity contribution >= 4 is 0 Å². The third-order valence-corrected chi connectivity index (χ3v) is 1.21. The minimum Gasteiger partial charge on any atom is -0.395 e. The van der Waals surface area contributed by atoms with E-state index in [0.717, 1.165) is 19.7 Å². The first-order valence-electron chi connectivity index (χ1n) is 3.95. The topological polar surface area (TPSA) is 53.5 Å². The number of hydrogen-bond acceptors (Lipinski definition) is 4. The lowest BCUT2D eigenvalue weighted by atomic mass is 10.6. The maximum absolute atomic E-state index is 8.39. The molecule has 0 saturated heterocycles. The standard InChI is InChI=1S/C7H18N2O2/c1-8-3-6-11-7-4-9-2-5-10/h8-10H,2-7H2,1H3. The van der Waals surface area contributed by atoms with Crippen LogP contribution in [0.3, 0.4) is 0 Å². The van der Waals surface area contributed by atoms with Crippen molar-refractivity contribution in [1.82, 2.24) is 10.6 Å². The summed E-state index contributed by atoms with van der Waals surface area (Å²) >= 11 is 0. The summed E-state index contributed by atoms with van der Waals surface area (Å²) in [5.74, 6) is 0. The molecule has 0 unspecified atom stereocenters. The van der Waals surface area contributed by atoms with Gasteiger partial charge in [-0.25, -0.2) is 0 Å². The van der Waals surface area contributed by atoms with Crippen LogP contribution in [-0.4, -0.2) is 51.6 Å².